The number of ether oxygens (including phenoxy) is 3. The Morgan fingerprint density at radius 1 is 1.45 bits per heavy atom. The number of amides is 1. The minimum Gasteiger partial charge on any atom is -0.454 e. The number of aldehydes is 1. The normalized spacial score (nSPS) is 18.6. The minimum absolute atomic E-state index is 0.0980. The highest BCUT2D eigenvalue weighted by Crippen LogP contribution is 2.42. The average Bonchev–Trinajstić information content (AvgIpc) is 3.04. The maximum Gasteiger partial charge on any atom is 0.415 e. The molecule has 0 aliphatic carbocycles. The molecule has 3 rings (SSSR count). The van der Waals surface area contributed by atoms with Gasteiger partial charge in [0.1, 0.15) is 12.9 Å². The Kier molecular flexibility index (Phi) is 3.06. The summed E-state index contributed by atoms with van der Waals surface area (Å²) in [5.74, 6) is 1.20. The number of anilines is 1. The molecule has 1 atom stereocenters. The standard InChI is InChI=1S/C14H13NO5/c1-2-3-18-14(17)15-10(7-16)4-9-5-12-13(6-11(9)15)20-8-19-12/h2,5-7,10H,1,3-4,8H2/t10-/m0/s1. The molecule has 0 spiro atoms. The third-order valence-electron chi connectivity index (χ3n) is 3.27. The van der Waals surface area contributed by atoms with Crippen LogP contribution < -0.4 is 14.4 Å². The predicted octanol–water partition coefficient (Wildman–Crippen LogP) is 1.67. The number of rotatable bonds is 3. The molecule has 0 saturated carbocycles. The highest BCUT2D eigenvalue weighted by atomic mass is 16.7. The Hall–Kier alpha value is -2.50. The van der Waals surface area contributed by atoms with E-state index in [4.69, 9.17) is 14.2 Å². The molecule has 6 heteroatoms. The number of carbonyl (C=O) groups is 2. The van der Waals surface area contributed by atoms with Crippen LogP contribution in [0.4, 0.5) is 10.5 Å². The van der Waals surface area contributed by atoms with Crippen molar-refractivity contribution in [1.29, 1.82) is 0 Å². The van der Waals surface area contributed by atoms with Crippen LogP contribution in [0.25, 0.3) is 0 Å². The van der Waals surface area contributed by atoms with Crippen LogP contribution in [0.2, 0.25) is 0 Å². The molecule has 0 N–H and O–H groups in total. The van der Waals surface area contributed by atoms with Gasteiger partial charge in [0.15, 0.2) is 11.5 Å². The molecule has 0 radical (unpaired) electrons. The number of nitrogens with zero attached hydrogens (tertiary/aromatic N) is 1. The van der Waals surface area contributed by atoms with E-state index < -0.39 is 12.1 Å². The van der Waals surface area contributed by atoms with Crippen LogP contribution >= 0.6 is 0 Å². The molecule has 0 bridgehead atoms. The van der Waals surface area contributed by atoms with Crippen molar-refractivity contribution in [1.82, 2.24) is 0 Å². The van der Waals surface area contributed by atoms with Crippen LogP contribution in [-0.2, 0) is 16.0 Å². The van der Waals surface area contributed by atoms with Gasteiger partial charge in [0, 0.05) is 12.5 Å². The first-order chi connectivity index (χ1) is 9.74. The summed E-state index contributed by atoms with van der Waals surface area (Å²) < 4.78 is 15.6. The van der Waals surface area contributed by atoms with Crippen molar-refractivity contribution in [2.45, 2.75) is 12.5 Å². The van der Waals surface area contributed by atoms with Gasteiger partial charge in [0.05, 0.1) is 11.7 Å². The Labute approximate surface area is 115 Å². The number of hydrogen-bond acceptors (Lipinski definition) is 5. The molecule has 2 heterocycles. The first-order valence-electron chi connectivity index (χ1n) is 6.19. The van der Waals surface area contributed by atoms with E-state index in [2.05, 4.69) is 6.58 Å². The third-order valence-corrected chi connectivity index (χ3v) is 3.27. The molecule has 1 aromatic carbocycles. The summed E-state index contributed by atoms with van der Waals surface area (Å²) in [5, 5.41) is 0. The van der Waals surface area contributed by atoms with E-state index in [0.717, 1.165) is 11.8 Å². The monoisotopic (exact) mass is 275 g/mol. The van der Waals surface area contributed by atoms with Crippen molar-refractivity contribution in [3.8, 4) is 11.5 Å². The SMILES string of the molecule is C=CCOC(=O)N1c2cc3c(cc2C[C@H]1C=O)OCO3. The predicted molar refractivity (Wildman–Crippen MR) is 70.1 cm³/mol. The Bertz CT molecular complexity index is 583. The van der Waals surface area contributed by atoms with E-state index in [1.165, 1.54) is 11.0 Å². The highest BCUT2D eigenvalue weighted by molar-refractivity contribution is 5.96. The fourth-order valence-corrected chi connectivity index (χ4v) is 2.40. The molecule has 0 aromatic heterocycles. The van der Waals surface area contributed by atoms with Crippen LogP contribution in [0.5, 0.6) is 11.5 Å². The molecule has 20 heavy (non-hydrogen) atoms. The second kappa shape index (κ2) is 4.88. The van der Waals surface area contributed by atoms with Crippen LogP contribution in [-0.4, -0.2) is 31.8 Å². The first-order valence-corrected chi connectivity index (χ1v) is 6.19. The van der Waals surface area contributed by atoms with Crippen molar-refractivity contribution in [2.24, 2.45) is 0 Å². The zero-order chi connectivity index (χ0) is 14.1. The van der Waals surface area contributed by atoms with Gasteiger partial charge in [-0.1, -0.05) is 12.7 Å². The van der Waals surface area contributed by atoms with E-state index in [9.17, 15) is 9.59 Å². The van der Waals surface area contributed by atoms with Crippen LogP contribution in [0.3, 0.4) is 0 Å². The molecular weight excluding hydrogens is 262 g/mol. The van der Waals surface area contributed by atoms with Gasteiger partial charge in [-0.2, -0.15) is 0 Å². The quantitative estimate of drug-likeness (QED) is 0.620. The number of carbonyl (C=O) groups excluding carboxylic acids is 2. The van der Waals surface area contributed by atoms with E-state index in [0.29, 0.717) is 23.6 Å². The largest absolute Gasteiger partial charge is 0.454 e. The molecule has 104 valence electrons. The number of benzene rings is 1. The molecule has 2 aliphatic heterocycles. The van der Waals surface area contributed by atoms with Gasteiger partial charge in [-0.25, -0.2) is 4.79 Å². The van der Waals surface area contributed by atoms with Crippen molar-refractivity contribution in [3.05, 3.63) is 30.4 Å². The number of hydrogen-bond donors (Lipinski definition) is 0. The lowest BCUT2D eigenvalue weighted by Crippen LogP contribution is -2.39. The van der Waals surface area contributed by atoms with Crippen LogP contribution in [0, 0.1) is 0 Å². The average molecular weight is 275 g/mol. The lowest BCUT2D eigenvalue weighted by Gasteiger charge is -2.20. The van der Waals surface area contributed by atoms with E-state index in [1.54, 1.807) is 12.1 Å². The fraction of sp³-hybridized carbons (Fsp3) is 0.286. The summed E-state index contributed by atoms with van der Waals surface area (Å²) in [6.45, 7) is 3.75. The van der Waals surface area contributed by atoms with Crippen molar-refractivity contribution in [2.75, 3.05) is 18.3 Å². The fourth-order valence-electron chi connectivity index (χ4n) is 2.40. The Morgan fingerprint density at radius 3 is 2.90 bits per heavy atom. The maximum absolute atomic E-state index is 12.1. The molecule has 2 aliphatic rings. The molecular formula is C14H13NO5. The Morgan fingerprint density at radius 2 is 2.20 bits per heavy atom. The van der Waals surface area contributed by atoms with Crippen LogP contribution in [0.15, 0.2) is 24.8 Å². The minimum atomic E-state index is -0.570. The maximum atomic E-state index is 12.1. The van der Waals surface area contributed by atoms with Gasteiger partial charge in [-0.15, -0.1) is 0 Å². The van der Waals surface area contributed by atoms with E-state index >= 15 is 0 Å². The molecule has 0 saturated heterocycles. The van der Waals surface area contributed by atoms with Crippen molar-refractivity contribution in [3.63, 3.8) is 0 Å². The van der Waals surface area contributed by atoms with Crippen molar-refractivity contribution < 1.29 is 23.8 Å². The molecule has 6 nitrogen and oxygen atoms in total. The highest BCUT2D eigenvalue weighted by Gasteiger charge is 2.36. The van der Waals surface area contributed by atoms with Gasteiger partial charge in [-0.05, 0) is 11.6 Å². The summed E-state index contributed by atoms with van der Waals surface area (Å²) in [6.07, 6.45) is 2.09. The van der Waals surface area contributed by atoms with Gasteiger partial charge in [0.25, 0.3) is 0 Å². The van der Waals surface area contributed by atoms with Crippen LogP contribution in [0.1, 0.15) is 5.56 Å². The molecule has 1 aromatic rings. The summed E-state index contributed by atoms with van der Waals surface area (Å²) in [6, 6.07) is 2.94. The lowest BCUT2D eigenvalue weighted by molar-refractivity contribution is -0.108. The number of fused-ring (bicyclic) bond motifs is 2. The first kappa shape index (κ1) is 12.5. The summed E-state index contributed by atoms with van der Waals surface area (Å²) in [7, 11) is 0. The molecule has 1 amide bonds. The summed E-state index contributed by atoms with van der Waals surface area (Å²) in [4.78, 5) is 24.6. The molecule has 0 unspecified atom stereocenters. The van der Waals surface area contributed by atoms with Gasteiger partial charge in [-0.3, -0.25) is 4.90 Å². The van der Waals surface area contributed by atoms with Gasteiger partial charge >= 0.3 is 6.09 Å². The zero-order valence-electron chi connectivity index (χ0n) is 10.7. The zero-order valence-corrected chi connectivity index (χ0v) is 10.7. The van der Waals surface area contributed by atoms with E-state index in [1.807, 2.05) is 0 Å². The van der Waals surface area contributed by atoms with Gasteiger partial charge < -0.3 is 19.0 Å². The lowest BCUT2D eigenvalue weighted by atomic mass is 10.1. The second-order valence-electron chi connectivity index (χ2n) is 4.48. The van der Waals surface area contributed by atoms with E-state index in [-0.39, 0.29) is 13.4 Å². The topological polar surface area (TPSA) is 65.1 Å². The molecule has 0 fully saturated rings. The smallest absolute Gasteiger partial charge is 0.415 e. The van der Waals surface area contributed by atoms with Gasteiger partial charge in [0.2, 0.25) is 6.79 Å². The summed E-state index contributed by atoms with van der Waals surface area (Å²) >= 11 is 0. The third kappa shape index (κ3) is 1.89. The second-order valence-corrected chi connectivity index (χ2v) is 4.48. The summed E-state index contributed by atoms with van der Waals surface area (Å²) in [5.41, 5.74) is 1.49. The Balaban J connectivity index is 1.96. The van der Waals surface area contributed by atoms with Crippen molar-refractivity contribution >= 4 is 18.1 Å².